The lowest BCUT2D eigenvalue weighted by Crippen LogP contribution is -2.46. The lowest BCUT2D eigenvalue weighted by Gasteiger charge is -2.39. The van der Waals surface area contributed by atoms with Gasteiger partial charge in [-0.3, -0.25) is 14.5 Å². The highest BCUT2D eigenvalue weighted by Crippen LogP contribution is 2.40. The number of H-pyrrole nitrogens is 1. The number of carbonyl (C=O) groups excluding carboxylic acids is 1. The summed E-state index contributed by atoms with van der Waals surface area (Å²) in [6.07, 6.45) is 0.336. The van der Waals surface area contributed by atoms with Crippen LogP contribution in [0.5, 0.6) is 0 Å². The zero-order chi connectivity index (χ0) is 22.6. The molecular weight excluding hydrogens is 489 g/mol. The van der Waals surface area contributed by atoms with Crippen LogP contribution in [0.15, 0.2) is 45.7 Å². The number of rotatable bonds is 0. The van der Waals surface area contributed by atoms with Crippen molar-refractivity contribution in [3.05, 3.63) is 85.5 Å². The number of carbonyl (C=O) groups is 1. The molecule has 0 unspecified atom stereocenters. The Bertz CT molecular complexity index is 1330. The lowest BCUT2D eigenvalue weighted by molar-refractivity contribution is 0.0982. The van der Waals surface area contributed by atoms with Crippen LogP contribution in [0, 0.1) is 17.5 Å². The maximum atomic E-state index is 14.8. The molecule has 0 atom stereocenters. The number of anilines is 3. The number of nitrogens with zero attached hydrogens (tertiary/aromatic N) is 2. The van der Waals surface area contributed by atoms with E-state index in [9.17, 15) is 22.8 Å². The van der Waals surface area contributed by atoms with E-state index in [-0.39, 0.29) is 34.4 Å². The predicted octanol–water partition coefficient (Wildman–Crippen LogP) is 3.96. The molecular formula is C22H16BrF3N4O2. The quantitative estimate of drug-likeness (QED) is 0.486. The van der Waals surface area contributed by atoms with Crippen LogP contribution in [0.2, 0.25) is 0 Å². The number of fused-ring (bicyclic) bond motifs is 8. The van der Waals surface area contributed by atoms with E-state index in [2.05, 4.69) is 26.2 Å². The summed E-state index contributed by atoms with van der Waals surface area (Å²) >= 11 is 3.15. The highest BCUT2D eigenvalue weighted by Gasteiger charge is 2.35. The summed E-state index contributed by atoms with van der Waals surface area (Å²) in [4.78, 5) is 31.1. The van der Waals surface area contributed by atoms with Crippen molar-refractivity contribution >= 4 is 38.9 Å². The molecule has 0 saturated heterocycles. The summed E-state index contributed by atoms with van der Waals surface area (Å²) in [6.45, 7) is 0.325. The molecule has 1 aromatic heterocycles. The molecule has 10 heteroatoms. The fourth-order valence-electron chi connectivity index (χ4n) is 4.13. The standard InChI is InChI=1S/C22H16BrF3N4O2/c23-13-8-19-11(7-15(13)25)22(32)30-10-29(19)17-2-1-14(24)21(26)12(17)9-27-6-5-16-18(30)3-4-20(31)28-16/h1-4,7-8,27H,5-6,9-10H2,(H,28,31). The maximum absolute atomic E-state index is 14.8. The highest BCUT2D eigenvalue weighted by atomic mass is 79.9. The van der Waals surface area contributed by atoms with E-state index in [1.165, 1.54) is 29.2 Å². The van der Waals surface area contributed by atoms with Gasteiger partial charge in [0, 0.05) is 36.8 Å². The first-order valence-electron chi connectivity index (χ1n) is 9.83. The van der Waals surface area contributed by atoms with Gasteiger partial charge in [-0.2, -0.15) is 0 Å². The van der Waals surface area contributed by atoms with Crippen molar-refractivity contribution < 1.29 is 18.0 Å². The second-order valence-electron chi connectivity index (χ2n) is 7.56. The zero-order valence-corrected chi connectivity index (χ0v) is 18.1. The Hall–Kier alpha value is -3.11. The number of pyridine rings is 1. The molecule has 6 nitrogen and oxygen atoms in total. The number of amides is 1. The van der Waals surface area contributed by atoms with Gasteiger partial charge in [-0.15, -0.1) is 0 Å². The number of aromatic amines is 1. The zero-order valence-electron chi connectivity index (χ0n) is 16.5. The number of halogens is 4. The molecule has 0 aliphatic carbocycles. The second-order valence-corrected chi connectivity index (χ2v) is 8.41. The average Bonchev–Trinajstić information content (AvgIpc) is 2.79. The molecule has 2 aromatic carbocycles. The smallest absolute Gasteiger partial charge is 0.262 e. The van der Waals surface area contributed by atoms with Crippen molar-refractivity contribution in [1.29, 1.82) is 0 Å². The van der Waals surface area contributed by atoms with E-state index in [0.29, 0.717) is 35.7 Å². The van der Waals surface area contributed by atoms with Crippen LogP contribution in [0.25, 0.3) is 0 Å². The number of aromatic nitrogens is 1. The monoisotopic (exact) mass is 504 g/mol. The fraction of sp³-hybridized carbons (Fsp3) is 0.182. The highest BCUT2D eigenvalue weighted by molar-refractivity contribution is 9.10. The van der Waals surface area contributed by atoms with Gasteiger partial charge in [0.25, 0.3) is 5.91 Å². The van der Waals surface area contributed by atoms with Gasteiger partial charge in [0.15, 0.2) is 11.6 Å². The van der Waals surface area contributed by atoms with Crippen molar-refractivity contribution in [3.8, 4) is 0 Å². The first kappa shape index (κ1) is 20.8. The minimum Gasteiger partial charge on any atom is -0.324 e. The number of benzene rings is 2. The first-order chi connectivity index (χ1) is 15.3. The molecule has 3 aromatic rings. The molecule has 1 amide bonds. The largest absolute Gasteiger partial charge is 0.324 e. The SMILES string of the molecule is O=C1c2cc(F)c(Br)cc2N2CN1c1ccc(=O)[nH]c1CCNCc1c2ccc(F)c1F. The average molecular weight is 505 g/mol. The van der Waals surface area contributed by atoms with Crippen LogP contribution in [0.4, 0.5) is 30.2 Å². The molecule has 32 heavy (non-hydrogen) atoms. The molecule has 2 N–H and O–H groups in total. The third-order valence-electron chi connectivity index (χ3n) is 5.67. The van der Waals surface area contributed by atoms with Crippen molar-refractivity contribution in [2.24, 2.45) is 0 Å². The van der Waals surface area contributed by atoms with Crippen LogP contribution < -0.4 is 20.7 Å². The lowest BCUT2D eigenvalue weighted by atomic mass is 10.0. The Balaban J connectivity index is 1.80. The van der Waals surface area contributed by atoms with Gasteiger partial charge < -0.3 is 15.2 Å². The minimum absolute atomic E-state index is 0.0213. The van der Waals surface area contributed by atoms with Crippen molar-refractivity contribution in [1.82, 2.24) is 10.3 Å². The summed E-state index contributed by atoms with van der Waals surface area (Å²) < 4.78 is 43.5. The van der Waals surface area contributed by atoms with Crippen molar-refractivity contribution in [2.45, 2.75) is 13.0 Å². The van der Waals surface area contributed by atoms with Gasteiger partial charge in [0.1, 0.15) is 12.5 Å². The summed E-state index contributed by atoms with van der Waals surface area (Å²) in [5.41, 5.74) is 1.51. The van der Waals surface area contributed by atoms with E-state index in [1.807, 2.05) is 0 Å². The molecule has 2 bridgehead atoms. The summed E-state index contributed by atoms with van der Waals surface area (Å²) in [5.74, 6) is -3.07. The third kappa shape index (κ3) is 3.30. The van der Waals surface area contributed by atoms with Gasteiger partial charge in [0.05, 0.1) is 27.1 Å². The number of hydrogen-bond acceptors (Lipinski definition) is 4. The number of nitrogens with one attached hydrogen (secondary N) is 2. The Morgan fingerprint density at radius 1 is 0.906 bits per heavy atom. The van der Waals surface area contributed by atoms with Crippen LogP contribution in [-0.4, -0.2) is 24.1 Å². The maximum Gasteiger partial charge on any atom is 0.262 e. The van der Waals surface area contributed by atoms with Gasteiger partial charge in [0.2, 0.25) is 5.56 Å². The Kier molecular flexibility index (Phi) is 5.06. The Morgan fingerprint density at radius 2 is 1.69 bits per heavy atom. The van der Waals surface area contributed by atoms with Crippen LogP contribution in [0.3, 0.4) is 0 Å². The minimum atomic E-state index is -0.994. The van der Waals surface area contributed by atoms with Crippen molar-refractivity contribution in [3.63, 3.8) is 0 Å². The van der Waals surface area contributed by atoms with Crippen molar-refractivity contribution in [2.75, 3.05) is 23.0 Å². The predicted molar refractivity (Wildman–Crippen MR) is 117 cm³/mol. The molecule has 2 aliphatic rings. The molecule has 5 rings (SSSR count). The Labute approximate surface area is 188 Å². The summed E-state index contributed by atoms with van der Waals surface area (Å²) in [7, 11) is 0. The Morgan fingerprint density at radius 3 is 2.50 bits per heavy atom. The molecule has 3 heterocycles. The first-order valence-corrected chi connectivity index (χ1v) is 10.6. The van der Waals surface area contributed by atoms with E-state index < -0.39 is 23.4 Å². The van der Waals surface area contributed by atoms with E-state index in [0.717, 1.165) is 12.1 Å². The molecule has 0 saturated carbocycles. The second kappa shape index (κ2) is 7.79. The summed E-state index contributed by atoms with van der Waals surface area (Å²) in [6, 6.07) is 7.88. The van der Waals surface area contributed by atoms with Crippen LogP contribution >= 0.6 is 15.9 Å². The van der Waals surface area contributed by atoms with Gasteiger partial charge in [-0.25, -0.2) is 13.2 Å². The summed E-state index contributed by atoms with van der Waals surface area (Å²) in [5, 5.41) is 3.07. The fourth-order valence-corrected chi connectivity index (χ4v) is 4.46. The van der Waals surface area contributed by atoms with Gasteiger partial charge >= 0.3 is 0 Å². The van der Waals surface area contributed by atoms with E-state index in [4.69, 9.17) is 0 Å². The van der Waals surface area contributed by atoms with Crippen LogP contribution in [-0.2, 0) is 13.0 Å². The molecule has 2 aliphatic heterocycles. The molecule has 0 radical (unpaired) electrons. The molecule has 0 fully saturated rings. The van der Waals surface area contributed by atoms with Gasteiger partial charge in [-0.1, -0.05) is 0 Å². The normalized spacial score (nSPS) is 15.6. The van der Waals surface area contributed by atoms with Crippen LogP contribution in [0.1, 0.15) is 21.6 Å². The molecule has 164 valence electrons. The molecule has 0 spiro atoms. The third-order valence-corrected chi connectivity index (χ3v) is 6.28. The van der Waals surface area contributed by atoms with E-state index in [1.54, 1.807) is 4.90 Å². The number of hydrogen-bond donors (Lipinski definition) is 2. The van der Waals surface area contributed by atoms with Gasteiger partial charge in [-0.05, 0) is 46.3 Å². The van der Waals surface area contributed by atoms with E-state index >= 15 is 0 Å². The topological polar surface area (TPSA) is 68.4 Å².